The molecule has 2 N–H and O–H groups in total. The molecule has 1 amide bonds. The molecule has 0 aliphatic rings. The predicted octanol–water partition coefficient (Wildman–Crippen LogP) is 3.88. The second kappa shape index (κ2) is 9.19. The molecule has 3 aromatic heterocycles. The first-order valence-corrected chi connectivity index (χ1v) is 11.1. The molecule has 4 aromatic rings. The van der Waals surface area contributed by atoms with Crippen LogP contribution in [0, 0.1) is 13.8 Å². The number of amides is 1. The first-order valence-electron chi connectivity index (χ1n) is 10.2. The minimum atomic E-state index is -0.243. The topological polar surface area (TPSA) is 102 Å². The van der Waals surface area contributed by atoms with Crippen molar-refractivity contribution in [3.05, 3.63) is 75.0 Å². The number of carbonyl (C=O) groups excluding carboxylic acids is 1. The fraction of sp³-hybridized carbons (Fsp3) is 0.217. The molecule has 3 heterocycles. The number of thiophene rings is 1. The molecule has 8 nitrogen and oxygen atoms in total. The van der Waals surface area contributed by atoms with Crippen LogP contribution in [0.3, 0.4) is 0 Å². The van der Waals surface area contributed by atoms with Crippen LogP contribution in [0.4, 0.5) is 5.82 Å². The average molecular weight is 450 g/mol. The zero-order valence-electron chi connectivity index (χ0n) is 18.0. The molecule has 32 heavy (non-hydrogen) atoms. The van der Waals surface area contributed by atoms with Gasteiger partial charge in [-0.2, -0.15) is 9.78 Å². The van der Waals surface area contributed by atoms with Crippen LogP contribution < -0.4 is 15.6 Å². The molecule has 0 atom stereocenters. The van der Waals surface area contributed by atoms with E-state index in [1.165, 1.54) is 16.0 Å². The summed E-state index contributed by atoms with van der Waals surface area (Å²) in [6.07, 6.45) is 0.183. The van der Waals surface area contributed by atoms with Crippen molar-refractivity contribution in [3.8, 4) is 22.3 Å². The van der Waals surface area contributed by atoms with Crippen molar-refractivity contribution in [1.29, 1.82) is 0 Å². The molecule has 1 aromatic carbocycles. The number of aromatic amines is 1. The number of carbonyl (C=O) groups is 1. The number of H-pyrrole nitrogens is 1. The number of ether oxygens (including phenoxy) is 1. The van der Waals surface area contributed by atoms with Gasteiger partial charge in [0.2, 0.25) is 11.9 Å². The molecule has 0 saturated heterocycles. The van der Waals surface area contributed by atoms with Gasteiger partial charge in [-0.05, 0) is 49.9 Å². The Bertz CT molecular complexity index is 1290. The smallest absolute Gasteiger partial charge is 0.255 e. The maximum Gasteiger partial charge on any atom is 0.255 e. The predicted molar refractivity (Wildman–Crippen MR) is 125 cm³/mol. The monoisotopic (exact) mass is 449 g/mol. The summed E-state index contributed by atoms with van der Waals surface area (Å²) in [7, 11) is 0. The summed E-state index contributed by atoms with van der Waals surface area (Å²) < 4.78 is 6.90. The maximum atomic E-state index is 12.8. The number of nitrogens with one attached hydrogen (secondary N) is 2. The van der Waals surface area contributed by atoms with Crippen molar-refractivity contribution < 1.29 is 9.53 Å². The van der Waals surface area contributed by atoms with E-state index < -0.39 is 0 Å². The summed E-state index contributed by atoms with van der Waals surface area (Å²) in [6, 6.07) is 13.1. The van der Waals surface area contributed by atoms with Crippen LogP contribution in [-0.4, -0.2) is 32.3 Å². The van der Waals surface area contributed by atoms with Gasteiger partial charge in [0.15, 0.2) is 0 Å². The lowest BCUT2D eigenvalue weighted by Crippen LogP contribution is -2.21. The Hall–Kier alpha value is -3.72. The standard InChI is InChI=1S/C23H23N5O3S/c1-4-31-17-9-7-16(8-10-17)12-21(29)25-20-13-18(19-6-5-11-32-19)27-28(20)23-24-15(3)14(2)22(30)26-23/h5-11,13H,4,12H2,1-3H3,(H,25,29)(H,24,26,30). The summed E-state index contributed by atoms with van der Waals surface area (Å²) in [5.74, 6) is 1.23. The number of hydrogen-bond donors (Lipinski definition) is 2. The molecule has 0 spiro atoms. The van der Waals surface area contributed by atoms with Crippen LogP contribution in [0.5, 0.6) is 5.75 Å². The van der Waals surface area contributed by atoms with Crippen LogP contribution in [0.1, 0.15) is 23.7 Å². The summed E-state index contributed by atoms with van der Waals surface area (Å²) in [5, 5.41) is 9.45. The Balaban J connectivity index is 1.63. The van der Waals surface area contributed by atoms with Crippen molar-refractivity contribution in [3.63, 3.8) is 0 Å². The number of anilines is 1. The van der Waals surface area contributed by atoms with Gasteiger partial charge in [-0.15, -0.1) is 11.3 Å². The highest BCUT2D eigenvalue weighted by Crippen LogP contribution is 2.27. The number of aromatic nitrogens is 4. The third kappa shape index (κ3) is 4.62. The van der Waals surface area contributed by atoms with Gasteiger partial charge in [0.25, 0.3) is 5.56 Å². The molecule has 0 saturated carbocycles. The van der Waals surface area contributed by atoms with Crippen LogP contribution in [0.25, 0.3) is 16.5 Å². The van der Waals surface area contributed by atoms with E-state index in [9.17, 15) is 9.59 Å². The van der Waals surface area contributed by atoms with Gasteiger partial charge in [0, 0.05) is 17.3 Å². The minimum Gasteiger partial charge on any atom is -0.494 e. The number of hydrogen-bond acceptors (Lipinski definition) is 6. The third-order valence-electron chi connectivity index (χ3n) is 4.93. The molecule has 9 heteroatoms. The normalized spacial score (nSPS) is 10.8. The van der Waals surface area contributed by atoms with E-state index in [2.05, 4.69) is 20.4 Å². The average Bonchev–Trinajstić information content (AvgIpc) is 3.43. The number of rotatable bonds is 7. The first kappa shape index (κ1) is 21.5. The van der Waals surface area contributed by atoms with Crippen LogP contribution in [0.15, 0.2) is 52.6 Å². The number of nitrogens with zero attached hydrogens (tertiary/aromatic N) is 3. The van der Waals surface area contributed by atoms with Gasteiger partial charge in [-0.1, -0.05) is 18.2 Å². The lowest BCUT2D eigenvalue weighted by atomic mass is 10.1. The van der Waals surface area contributed by atoms with Crippen molar-refractivity contribution in [1.82, 2.24) is 19.7 Å². The Morgan fingerprint density at radius 2 is 2.00 bits per heavy atom. The number of aryl methyl sites for hydroxylation is 1. The van der Waals surface area contributed by atoms with Gasteiger partial charge in [-0.3, -0.25) is 14.6 Å². The van der Waals surface area contributed by atoms with Gasteiger partial charge < -0.3 is 10.1 Å². The van der Waals surface area contributed by atoms with E-state index in [0.717, 1.165) is 16.2 Å². The van der Waals surface area contributed by atoms with E-state index in [4.69, 9.17) is 4.74 Å². The quantitative estimate of drug-likeness (QED) is 0.446. The van der Waals surface area contributed by atoms with E-state index in [1.54, 1.807) is 19.9 Å². The van der Waals surface area contributed by atoms with Crippen LogP contribution in [0.2, 0.25) is 0 Å². The lowest BCUT2D eigenvalue weighted by Gasteiger charge is -2.10. The molecule has 0 aliphatic carbocycles. The number of benzene rings is 1. The van der Waals surface area contributed by atoms with Crippen molar-refractivity contribution in [2.75, 3.05) is 11.9 Å². The molecule has 0 unspecified atom stereocenters. The van der Waals surface area contributed by atoms with E-state index in [1.807, 2.05) is 48.7 Å². The summed E-state index contributed by atoms with van der Waals surface area (Å²) in [5.41, 5.74) is 2.43. The zero-order valence-corrected chi connectivity index (χ0v) is 18.8. The Kier molecular flexibility index (Phi) is 6.18. The molecule has 0 radical (unpaired) electrons. The molecule has 4 rings (SSSR count). The Morgan fingerprint density at radius 3 is 2.66 bits per heavy atom. The highest BCUT2D eigenvalue weighted by molar-refractivity contribution is 7.13. The highest BCUT2D eigenvalue weighted by Gasteiger charge is 2.17. The van der Waals surface area contributed by atoms with Gasteiger partial charge in [0.05, 0.1) is 17.9 Å². The molecule has 164 valence electrons. The molecular weight excluding hydrogens is 426 g/mol. The fourth-order valence-corrected chi connectivity index (χ4v) is 3.83. The largest absolute Gasteiger partial charge is 0.494 e. The third-order valence-corrected chi connectivity index (χ3v) is 5.82. The summed E-state index contributed by atoms with van der Waals surface area (Å²) >= 11 is 1.54. The Morgan fingerprint density at radius 1 is 1.22 bits per heavy atom. The Labute approximate surface area is 188 Å². The second-order valence-electron chi connectivity index (χ2n) is 7.21. The molecule has 0 bridgehead atoms. The second-order valence-corrected chi connectivity index (χ2v) is 8.15. The van der Waals surface area contributed by atoms with Crippen molar-refractivity contribution in [2.24, 2.45) is 0 Å². The van der Waals surface area contributed by atoms with E-state index in [-0.39, 0.29) is 23.8 Å². The van der Waals surface area contributed by atoms with Gasteiger partial charge in [0.1, 0.15) is 17.3 Å². The highest BCUT2D eigenvalue weighted by atomic mass is 32.1. The SMILES string of the molecule is CCOc1ccc(CC(=O)Nc2cc(-c3cccs3)nn2-c2nc(C)c(C)c(=O)[nH]2)cc1. The molecule has 0 aliphatic heterocycles. The first-order chi connectivity index (χ1) is 15.4. The van der Waals surface area contributed by atoms with E-state index in [0.29, 0.717) is 29.4 Å². The summed E-state index contributed by atoms with van der Waals surface area (Å²) in [4.78, 5) is 33.2. The minimum absolute atomic E-state index is 0.183. The van der Waals surface area contributed by atoms with Gasteiger partial charge in [-0.25, -0.2) is 4.98 Å². The van der Waals surface area contributed by atoms with Crippen molar-refractivity contribution in [2.45, 2.75) is 27.2 Å². The van der Waals surface area contributed by atoms with E-state index >= 15 is 0 Å². The van der Waals surface area contributed by atoms with Gasteiger partial charge >= 0.3 is 0 Å². The zero-order chi connectivity index (χ0) is 22.7. The molecule has 0 fully saturated rings. The fourth-order valence-electron chi connectivity index (χ4n) is 3.15. The van der Waals surface area contributed by atoms with Crippen molar-refractivity contribution >= 4 is 23.1 Å². The summed E-state index contributed by atoms with van der Waals surface area (Å²) in [6.45, 7) is 5.99. The van der Waals surface area contributed by atoms with Crippen LogP contribution >= 0.6 is 11.3 Å². The lowest BCUT2D eigenvalue weighted by molar-refractivity contribution is -0.115. The molecular formula is C23H23N5O3S. The van der Waals surface area contributed by atoms with Crippen LogP contribution in [-0.2, 0) is 11.2 Å². The maximum absolute atomic E-state index is 12.8.